The van der Waals surface area contributed by atoms with Gasteiger partial charge in [0.25, 0.3) is 5.91 Å². The molecule has 1 saturated heterocycles. The maximum absolute atomic E-state index is 12.2. The third kappa shape index (κ3) is 6.27. The summed E-state index contributed by atoms with van der Waals surface area (Å²) in [5.41, 5.74) is 7.44. The van der Waals surface area contributed by atoms with Gasteiger partial charge in [0.1, 0.15) is 5.01 Å². The minimum Gasteiger partial charge on any atom is -0.381 e. The number of benzene rings is 1. The molecule has 28 heavy (non-hydrogen) atoms. The molecule has 1 unspecified atom stereocenters. The van der Waals surface area contributed by atoms with Gasteiger partial charge in [0.05, 0.1) is 24.8 Å². The molecule has 152 valence electrons. The Balaban J connectivity index is 0.00000280. The second-order valence-corrected chi connectivity index (χ2v) is 7.42. The molecule has 1 aliphatic heterocycles. The van der Waals surface area contributed by atoms with Gasteiger partial charge in [-0.1, -0.05) is 18.2 Å². The number of hydrogen-bond acceptors (Lipinski definition) is 6. The largest absolute Gasteiger partial charge is 0.381 e. The van der Waals surface area contributed by atoms with Crippen LogP contribution in [-0.4, -0.2) is 36.1 Å². The molecule has 2 aromatic rings. The number of nitrogens with one attached hydrogen (secondary N) is 2. The van der Waals surface area contributed by atoms with Crippen molar-refractivity contribution in [3.63, 3.8) is 0 Å². The molecule has 3 rings (SSSR count). The highest BCUT2D eigenvalue weighted by molar-refractivity contribution is 7.09. The second kappa shape index (κ2) is 11.1. The Morgan fingerprint density at radius 3 is 2.61 bits per heavy atom. The highest BCUT2D eigenvalue weighted by atomic mass is 35.5. The van der Waals surface area contributed by atoms with E-state index >= 15 is 0 Å². The Morgan fingerprint density at radius 2 is 1.89 bits per heavy atom. The average Bonchev–Trinajstić information content (AvgIpc) is 3.19. The Morgan fingerprint density at radius 1 is 1.18 bits per heavy atom. The van der Waals surface area contributed by atoms with Crippen LogP contribution in [0.3, 0.4) is 0 Å². The first kappa shape index (κ1) is 22.3. The number of amides is 2. The third-order valence-electron chi connectivity index (χ3n) is 4.56. The molecule has 1 fully saturated rings. The summed E-state index contributed by atoms with van der Waals surface area (Å²) in [6.07, 6.45) is 1.63. The first-order valence-electron chi connectivity index (χ1n) is 9.01. The lowest BCUT2D eigenvalue weighted by molar-refractivity contribution is -0.124. The molecule has 7 nitrogen and oxygen atoms in total. The van der Waals surface area contributed by atoms with Crippen molar-refractivity contribution in [1.82, 2.24) is 15.6 Å². The van der Waals surface area contributed by atoms with Crippen LogP contribution in [0.4, 0.5) is 0 Å². The molecule has 0 spiro atoms. The lowest BCUT2D eigenvalue weighted by Gasteiger charge is -2.26. The molecule has 1 aromatic carbocycles. The maximum atomic E-state index is 12.2. The van der Waals surface area contributed by atoms with E-state index in [1.807, 2.05) is 23.6 Å². The van der Waals surface area contributed by atoms with Crippen LogP contribution in [0.15, 0.2) is 35.7 Å². The standard InChI is InChI=1S/C19H24N4O3S.ClH/c20-17(13-6-8-26-9-7-13)19(25)21-10-15-12-27-16(23-15)11-22-18(24)14-4-2-1-3-5-14;/h1-5,12-13,17H,6-11,20H2,(H,21,25)(H,22,24);1H. The molecule has 0 radical (unpaired) electrons. The SMILES string of the molecule is Cl.NC(C(=O)NCc1csc(CNC(=O)c2ccccc2)n1)C1CCOCC1. The summed E-state index contributed by atoms with van der Waals surface area (Å²) in [5.74, 6) is -0.130. The lowest BCUT2D eigenvalue weighted by Crippen LogP contribution is -2.46. The van der Waals surface area contributed by atoms with Crippen LogP contribution in [0.1, 0.15) is 33.9 Å². The molecule has 0 bridgehead atoms. The van der Waals surface area contributed by atoms with Crippen LogP contribution in [0, 0.1) is 5.92 Å². The quantitative estimate of drug-likeness (QED) is 0.629. The number of carbonyl (C=O) groups excluding carboxylic acids is 2. The number of halogens is 1. The Bertz CT molecular complexity index is 766. The molecule has 9 heteroatoms. The van der Waals surface area contributed by atoms with Gasteiger partial charge in [-0.2, -0.15) is 0 Å². The van der Waals surface area contributed by atoms with E-state index in [1.54, 1.807) is 12.1 Å². The second-order valence-electron chi connectivity index (χ2n) is 6.47. The summed E-state index contributed by atoms with van der Waals surface area (Å²) >= 11 is 1.45. The monoisotopic (exact) mass is 424 g/mol. The molecule has 2 heterocycles. The van der Waals surface area contributed by atoms with Crippen molar-refractivity contribution < 1.29 is 14.3 Å². The number of hydrogen-bond donors (Lipinski definition) is 3. The molecule has 4 N–H and O–H groups in total. The zero-order valence-electron chi connectivity index (χ0n) is 15.4. The smallest absolute Gasteiger partial charge is 0.251 e. The normalized spacial score (nSPS) is 15.3. The van der Waals surface area contributed by atoms with Crippen molar-refractivity contribution in [1.29, 1.82) is 0 Å². The van der Waals surface area contributed by atoms with E-state index in [2.05, 4.69) is 15.6 Å². The zero-order chi connectivity index (χ0) is 19.1. The van der Waals surface area contributed by atoms with E-state index in [4.69, 9.17) is 10.5 Å². The molecule has 1 atom stereocenters. The first-order valence-corrected chi connectivity index (χ1v) is 9.89. The van der Waals surface area contributed by atoms with Crippen molar-refractivity contribution in [2.75, 3.05) is 13.2 Å². The molecule has 1 aliphatic rings. The topological polar surface area (TPSA) is 106 Å². The van der Waals surface area contributed by atoms with Crippen LogP contribution in [0.2, 0.25) is 0 Å². The zero-order valence-corrected chi connectivity index (χ0v) is 17.1. The summed E-state index contributed by atoms with van der Waals surface area (Å²) < 4.78 is 5.30. The minimum atomic E-state index is -0.517. The van der Waals surface area contributed by atoms with Crippen LogP contribution < -0.4 is 16.4 Å². The van der Waals surface area contributed by atoms with Crippen molar-refractivity contribution >= 4 is 35.6 Å². The molecular weight excluding hydrogens is 400 g/mol. The van der Waals surface area contributed by atoms with E-state index in [1.165, 1.54) is 11.3 Å². The minimum absolute atomic E-state index is 0. The molecule has 2 amide bonds. The van der Waals surface area contributed by atoms with Gasteiger partial charge in [-0.05, 0) is 30.9 Å². The molecule has 0 aliphatic carbocycles. The Hall–Kier alpha value is -2.00. The number of thiazole rings is 1. The predicted octanol–water partition coefficient (Wildman–Crippen LogP) is 1.86. The fraction of sp³-hybridized carbons (Fsp3) is 0.421. The number of rotatable bonds is 7. The highest BCUT2D eigenvalue weighted by Crippen LogP contribution is 2.18. The fourth-order valence-electron chi connectivity index (χ4n) is 2.94. The number of aromatic nitrogens is 1. The predicted molar refractivity (Wildman–Crippen MR) is 110 cm³/mol. The van der Waals surface area contributed by atoms with E-state index < -0.39 is 6.04 Å². The summed E-state index contributed by atoms with van der Waals surface area (Å²) in [6.45, 7) is 2.01. The van der Waals surface area contributed by atoms with Gasteiger partial charge in [-0.3, -0.25) is 9.59 Å². The number of nitrogens with zero attached hydrogens (tertiary/aromatic N) is 1. The van der Waals surface area contributed by atoms with Crippen LogP contribution >= 0.6 is 23.7 Å². The van der Waals surface area contributed by atoms with Crippen molar-refractivity contribution in [3.8, 4) is 0 Å². The summed E-state index contributed by atoms with van der Waals surface area (Å²) in [7, 11) is 0. The first-order chi connectivity index (χ1) is 13.1. The lowest BCUT2D eigenvalue weighted by atomic mass is 9.92. The van der Waals surface area contributed by atoms with E-state index in [0.29, 0.717) is 31.9 Å². The Kier molecular flexibility index (Phi) is 8.85. The molecule has 1 aromatic heterocycles. The van der Waals surface area contributed by atoms with Gasteiger partial charge in [-0.25, -0.2) is 4.98 Å². The number of ether oxygens (including phenoxy) is 1. The van der Waals surface area contributed by atoms with Crippen LogP contribution in [-0.2, 0) is 22.6 Å². The van der Waals surface area contributed by atoms with Crippen LogP contribution in [0.5, 0.6) is 0 Å². The fourth-order valence-corrected chi connectivity index (χ4v) is 3.68. The van der Waals surface area contributed by atoms with Crippen molar-refractivity contribution in [3.05, 3.63) is 52.0 Å². The van der Waals surface area contributed by atoms with E-state index in [0.717, 1.165) is 23.5 Å². The Labute approximate surface area is 174 Å². The third-order valence-corrected chi connectivity index (χ3v) is 5.45. The summed E-state index contributed by atoms with van der Waals surface area (Å²) in [4.78, 5) is 28.7. The van der Waals surface area contributed by atoms with Gasteiger partial charge in [0, 0.05) is 24.2 Å². The van der Waals surface area contributed by atoms with Crippen molar-refractivity contribution in [2.24, 2.45) is 11.7 Å². The van der Waals surface area contributed by atoms with E-state index in [9.17, 15) is 9.59 Å². The van der Waals surface area contributed by atoms with Gasteiger partial charge >= 0.3 is 0 Å². The maximum Gasteiger partial charge on any atom is 0.251 e. The highest BCUT2D eigenvalue weighted by Gasteiger charge is 2.26. The van der Waals surface area contributed by atoms with Gasteiger partial charge in [-0.15, -0.1) is 23.7 Å². The van der Waals surface area contributed by atoms with Crippen LogP contribution in [0.25, 0.3) is 0 Å². The molecular formula is C19H25ClN4O3S. The summed E-state index contributed by atoms with van der Waals surface area (Å²) in [5, 5.41) is 8.36. The van der Waals surface area contributed by atoms with Gasteiger partial charge in [0.15, 0.2) is 0 Å². The average molecular weight is 425 g/mol. The van der Waals surface area contributed by atoms with E-state index in [-0.39, 0.29) is 30.1 Å². The van der Waals surface area contributed by atoms with Crippen molar-refractivity contribution in [2.45, 2.75) is 32.0 Å². The number of carbonyl (C=O) groups is 2. The number of nitrogens with two attached hydrogens (primary N) is 1. The summed E-state index contributed by atoms with van der Waals surface area (Å²) in [6, 6.07) is 8.53. The van der Waals surface area contributed by atoms with Gasteiger partial charge in [0.2, 0.25) is 5.91 Å². The van der Waals surface area contributed by atoms with Gasteiger partial charge < -0.3 is 21.1 Å². The molecule has 0 saturated carbocycles.